The molecule has 0 atom stereocenters. The summed E-state index contributed by atoms with van der Waals surface area (Å²) >= 11 is 1.73. The normalized spacial score (nSPS) is 10.8. The monoisotopic (exact) mass is 250 g/mol. The summed E-state index contributed by atoms with van der Waals surface area (Å²) in [5.74, 6) is 2.57. The molecule has 0 aromatic heterocycles. The first-order valence-corrected chi connectivity index (χ1v) is 7.48. The van der Waals surface area contributed by atoms with Gasteiger partial charge >= 0.3 is 0 Å². The van der Waals surface area contributed by atoms with Crippen molar-refractivity contribution in [3.05, 3.63) is 35.4 Å². The minimum atomic E-state index is 0.258. The Balaban J connectivity index is 2.60. The first-order chi connectivity index (χ1) is 8.13. The van der Waals surface area contributed by atoms with Crippen molar-refractivity contribution in [1.29, 1.82) is 0 Å². The fourth-order valence-electron chi connectivity index (χ4n) is 1.74. The zero-order valence-corrected chi connectivity index (χ0v) is 11.8. The molecule has 0 aliphatic carbocycles. The summed E-state index contributed by atoms with van der Waals surface area (Å²) in [6, 6.07) is 8.08. The number of rotatable bonds is 7. The van der Waals surface area contributed by atoms with Crippen LogP contribution in [0.1, 0.15) is 43.1 Å². The molecule has 0 saturated carbocycles. The van der Waals surface area contributed by atoms with E-state index in [1.165, 1.54) is 5.56 Å². The lowest BCUT2D eigenvalue weighted by molar-refractivity contribution is 0.102. The summed E-state index contributed by atoms with van der Waals surface area (Å²) in [6.07, 6.45) is 2.18. The van der Waals surface area contributed by atoms with Crippen LogP contribution in [0.4, 0.5) is 0 Å². The smallest absolute Gasteiger partial charge is 0.172 e. The lowest BCUT2D eigenvalue weighted by Crippen LogP contribution is -2.04. The molecule has 0 unspecified atom stereocenters. The van der Waals surface area contributed by atoms with E-state index >= 15 is 0 Å². The Morgan fingerprint density at radius 2 is 2.12 bits per heavy atom. The molecule has 0 aliphatic heterocycles. The molecule has 0 N–H and O–H groups in total. The summed E-state index contributed by atoms with van der Waals surface area (Å²) in [6.45, 7) is 6.54. The maximum absolute atomic E-state index is 11.9. The van der Waals surface area contributed by atoms with E-state index in [0.717, 1.165) is 24.2 Å². The van der Waals surface area contributed by atoms with Crippen molar-refractivity contribution in [1.82, 2.24) is 0 Å². The molecular weight excluding hydrogens is 228 g/mol. The van der Waals surface area contributed by atoms with Gasteiger partial charge in [-0.15, -0.1) is 0 Å². The van der Waals surface area contributed by atoms with E-state index in [4.69, 9.17) is 0 Å². The third-order valence-corrected chi connectivity index (χ3v) is 3.64. The summed E-state index contributed by atoms with van der Waals surface area (Å²) in [4.78, 5) is 11.9. The Morgan fingerprint density at radius 3 is 2.76 bits per heavy atom. The molecule has 17 heavy (non-hydrogen) atoms. The minimum absolute atomic E-state index is 0.258. The van der Waals surface area contributed by atoms with Gasteiger partial charge < -0.3 is 0 Å². The second-order valence-corrected chi connectivity index (χ2v) is 5.88. The van der Waals surface area contributed by atoms with Crippen LogP contribution in [0.25, 0.3) is 0 Å². The summed E-state index contributed by atoms with van der Waals surface area (Å²) in [7, 11) is 0. The van der Waals surface area contributed by atoms with Crippen molar-refractivity contribution >= 4 is 17.5 Å². The van der Waals surface area contributed by atoms with E-state index in [-0.39, 0.29) is 5.78 Å². The fourth-order valence-corrected chi connectivity index (χ4v) is 2.52. The first-order valence-electron chi connectivity index (χ1n) is 6.33. The molecule has 1 rings (SSSR count). The SMILES string of the molecule is CCCSCC(=O)c1cccc(CC(C)C)c1. The van der Waals surface area contributed by atoms with Crippen molar-refractivity contribution < 1.29 is 4.79 Å². The molecule has 2 heteroatoms. The van der Waals surface area contributed by atoms with E-state index in [1.807, 2.05) is 12.1 Å². The van der Waals surface area contributed by atoms with Crippen LogP contribution in [-0.2, 0) is 6.42 Å². The van der Waals surface area contributed by atoms with Crippen LogP contribution in [0.15, 0.2) is 24.3 Å². The average Bonchev–Trinajstić information content (AvgIpc) is 2.28. The van der Waals surface area contributed by atoms with Crippen LogP contribution in [0.2, 0.25) is 0 Å². The lowest BCUT2D eigenvalue weighted by Gasteiger charge is -2.07. The van der Waals surface area contributed by atoms with Gasteiger partial charge in [-0.25, -0.2) is 0 Å². The Bertz CT molecular complexity index is 358. The number of ketones is 1. The fraction of sp³-hybridized carbons (Fsp3) is 0.533. The van der Waals surface area contributed by atoms with Gasteiger partial charge in [0.25, 0.3) is 0 Å². The van der Waals surface area contributed by atoms with Crippen molar-refractivity contribution in [3.8, 4) is 0 Å². The number of carbonyl (C=O) groups is 1. The minimum Gasteiger partial charge on any atom is -0.293 e. The first kappa shape index (κ1) is 14.3. The molecule has 0 fully saturated rings. The van der Waals surface area contributed by atoms with Gasteiger partial charge in [0.1, 0.15) is 0 Å². The summed E-state index contributed by atoms with van der Waals surface area (Å²) in [5.41, 5.74) is 2.14. The highest BCUT2D eigenvalue weighted by atomic mass is 32.2. The quantitative estimate of drug-likeness (QED) is 0.532. The largest absolute Gasteiger partial charge is 0.293 e. The van der Waals surface area contributed by atoms with Crippen molar-refractivity contribution in [2.75, 3.05) is 11.5 Å². The topological polar surface area (TPSA) is 17.1 Å². The molecule has 0 bridgehead atoms. The predicted octanol–water partition coefficient (Wildman–Crippen LogP) is 4.21. The number of carbonyl (C=O) groups excluding carboxylic acids is 1. The van der Waals surface area contributed by atoms with Crippen molar-refractivity contribution in [2.45, 2.75) is 33.6 Å². The van der Waals surface area contributed by atoms with Gasteiger partial charge in [-0.1, -0.05) is 39.0 Å². The maximum atomic E-state index is 11.9. The Labute approximate surface area is 109 Å². The molecule has 0 heterocycles. The highest BCUT2D eigenvalue weighted by Crippen LogP contribution is 2.13. The molecule has 1 nitrogen and oxygen atoms in total. The van der Waals surface area contributed by atoms with Gasteiger partial charge in [-0.2, -0.15) is 11.8 Å². The molecule has 0 radical (unpaired) electrons. The van der Waals surface area contributed by atoms with E-state index in [0.29, 0.717) is 11.7 Å². The Kier molecular flexibility index (Phi) is 6.35. The van der Waals surface area contributed by atoms with Crippen molar-refractivity contribution in [2.24, 2.45) is 5.92 Å². The molecule has 1 aromatic rings. The second-order valence-electron chi connectivity index (χ2n) is 4.77. The number of Topliss-reactive ketones (excluding diaryl/α,β-unsaturated/α-hetero) is 1. The Morgan fingerprint density at radius 1 is 1.35 bits per heavy atom. The summed E-state index contributed by atoms with van der Waals surface area (Å²) < 4.78 is 0. The number of benzene rings is 1. The van der Waals surface area contributed by atoms with Crippen LogP contribution in [-0.4, -0.2) is 17.3 Å². The van der Waals surface area contributed by atoms with Gasteiger partial charge in [0, 0.05) is 5.56 Å². The number of hydrogen-bond donors (Lipinski definition) is 0. The number of thioether (sulfide) groups is 1. The van der Waals surface area contributed by atoms with Gasteiger partial charge in [0.15, 0.2) is 5.78 Å². The standard InChI is InChI=1S/C15H22OS/c1-4-8-17-11-15(16)14-7-5-6-13(10-14)9-12(2)3/h5-7,10,12H,4,8-9,11H2,1-3H3. The Hall–Kier alpha value is -0.760. The zero-order valence-electron chi connectivity index (χ0n) is 11.0. The molecule has 0 amide bonds. The molecule has 0 saturated heterocycles. The van der Waals surface area contributed by atoms with Crippen LogP contribution in [0.5, 0.6) is 0 Å². The molecular formula is C15H22OS. The summed E-state index contributed by atoms with van der Waals surface area (Å²) in [5, 5.41) is 0. The van der Waals surface area contributed by atoms with Crippen LogP contribution >= 0.6 is 11.8 Å². The molecule has 1 aromatic carbocycles. The average molecular weight is 250 g/mol. The highest BCUT2D eigenvalue weighted by Gasteiger charge is 2.07. The van der Waals surface area contributed by atoms with E-state index in [9.17, 15) is 4.79 Å². The molecule has 94 valence electrons. The van der Waals surface area contributed by atoms with Gasteiger partial charge in [0.2, 0.25) is 0 Å². The van der Waals surface area contributed by atoms with Crippen molar-refractivity contribution in [3.63, 3.8) is 0 Å². The van der Waals surface area contributed by atoms with Crippen LogP contribution in [0, 0.1) is 5.92 Å². The third-order valence-electron chi connectivity index (χ3n) is 2.47. The van der Waals surface area contributed by atoms with Crippen LogP contribution < -0.4 is 0 Å². The third kappa shape index (κ3) is 5.40. The molecule has 0 aliphatic rings. The van der Waals surface area contributed by atoms with E-state index in [1.54, 1.807) is 11.8 Å². The van der Waals surface area contributed by atoms with Crippen LogP contribution in [0.3, 0.4) is 0 Å². The van der Waals surface area contributed by atoms with E-state index in [2.05, 4.69) is 32.9 Å². The second kappa shape index (κ2) is 7.54. The van der Waals surface area contributed by atoms with Gasteiger partial charge in [-0.3, -0.25) is 4.79 Å². The zero-order chi connectivity index (χ0) is 12.7. The molecule has 0 spiro atoms. The maximum Gasteiger partial charge on any atom is 0.172 e. The van der Waals surface area contributed by atoms with E-state index < -0.39 is 0 Å². The van der Waals surface area contributed by atoms with Gasteiger partial charge in [-0.05, 0) is 36.1 Å². The highest BCUT2D eigenvalue weighted by molar-refractivity contribution is 7.99. The number of hydrogen-bond acceptors (Lipinski definition) is 2. The predicted molar refractivity (Wildman–Crippen MR) is 76.9 cm³/mol. The van der Waals surface area contributed by atoms with Gasteiger partial charge in [0.05, 0.1) is 5.75 Å². The lowest BCUT2D eigenvalue weighted by atomic mass is 10.00.